The summed E-state index contributed by atoms with van der Waals surface area (Å²) in [6.45, 7) is 5.29. The van der Waals surface area contributed by atoms with Crippen LogP contribution in [0.3, 0.4) is 0 Å². The molecule has 130 valence electrons. The minimum absolute atomic E-state index is 0.00552. The van der Waals surface area contributed by atoms with Gasteiger partial charge in [0.1, 0.15) is 11.4 Å². The van der Waals surface area contributed by atoms with Crippen molar-refractivity contribution in [3.8, 4) is 11.5 Å². The van der Waals surface area contributed by atoms with E-state index in [2.05, 4.69) is 10.2 Å². The van der Waals surface area contributed by atoms with E-state index in [-0.39, 0.29) is 24.0 Å². The maximum Gasteiger partial charge on any atom is 0.260 e. The van der Waals surface area contributed by atoms with Gasteiger partial charge in [0, 0.05) is 45.3 Å². The number of nitrogens with one attached hydrogen (secondary N) is 1. The molecule has 1 unspecified atom stereocenters. The van der Waals surface area contributed by atoms with Crippen molar-refractivity contribution in [3.63, 3.8) is 0 Å². The maximum atomic E-state index is 14.3. The molecule has 2 saturated heterocycles. The normalized spacial score (nSPS) is 24.2. The van der Waals surface area contributed by atoms with Crippen LogP contribution in [-0.2, 0) is 0 Å². The lowest BCUT2D eigenvalue weighted by atomic mass is 10.0. The molecule has 0 radical (unpaired) electrons. The molecule has 1 amide bonds. The molecule has 4 rings (SSSR count). The zero-order valence-electron chi connectivity index (χ0n) is 13.6. The van der Waals surface area contributed by atoms with Crippen molar-refractivity contribution in [3.05, 3.63) is 23.5 Å². The second-order valence-electron chi connectivity index (χ2n) is 6.49. The average Bonchev–Trinajstić information content (AvgIpc) is 3.10. The molecule has 3 aliphatic heterocycles. The molecule has 6 nitrogen and oxygen atoms in total. The maximum absolute atomic E-state index is 14.3. The van der Waals surface area contributed by atoms with Crippen molar-refractivity contribution >= 4 is 5.91 Å². The summed E-state index contributed by atoms with van der Waals surface area (Å²) in [6, 6.07) is 3.13. The average molecular weight is 335 g/mol. The summed E-state index contributed by atoms with van der Waals surface area (Å²) in [7, 11) is 0. The molecule has 1 aromatic carbocycles. The highest BCUT2D eigenvalue weighted by Crippen LogP contribution is 2.38. The van der Waals surface area contributed by atoms with Gasteiger partial charge in [0.05, 0.1) is 0 Å². The Hall–Kier alpha value is -1.86. The fourth-order valence-corrected chi connectivity index (χ4v) is 3.79. The zero-order chi connectivity index (χ0) is 16.5. The Kier molecular flexibility index (Phi) is 4.28. The number of halogens is 1. The Morgan fingerprint density at radius 1 is 1.21 bits per heavy atom. The van der Waals surface area contributed by atoms with Crippen LogP contribution < -0.4 is 14.8 Å². The van der Waals surface area contributed by atoms with Gasteiger partial charge in [0.15, 0.2) is 11.5 Å². The smallest absolute Gasteiger partial charge is 0.260 e. The van der Waals surface area contributed by atoms with E-state index in [1.54, 1.807) is 4.90 Å². The van der Waals surface area contributed by atoms with E-state index < -0.39 is 5.82 Å². The standard InChI is InChI=1S/C17H22FN3O3/c18-13-3-4-14-16(24-11-23-14)15(13)17(22)21-7-1-2-12(10-21)20-8-5-19-6-9-20/h3-4,12,19H,1-2,5-11H2. The first kappa shape index (κ1) is 15.7. The molecular weight excluding hydrogens is 313 g/mol. The summed E-state index contributed by atoms with van der Waals surface area (Å²) in [5.74, 6) is -0.164. The first-order valence-corrected chi connectivity index (χ1v) is 8.56. The predicted octanol–water partition coefficient (Wildman–Crippen LogP) is 1.06. The summed E-state index contributed by atoms with van der Waals surface area (Å²) in [6.07, 6.45) is 2.02. The van der Waals surface area contributed by atoms with Gasteiger partial charge in [0.25, 0.3) is 5.91 Å². The highest BCUT2D eigenvalue weighted by molar-refractivity contribution is 5.98. The van der Waals surface area contributed by atoms with E-state index in [0.717, 1.165) is 39.0 Å². The van der Waals surface area contributed by atoms with Crippen molar-refractivity contribution in [2.75, 3.05) is 46.1 Å². The van der Waals surface area contributed by atoms with Crippen LogP contribution in [0.15, 0.2) is 12.1 Å². The lowest BCUT2D eigenvalue weighted by Gasteiger charge is -2.41. The quantitative estimate of drug-likeness (QED) is 0.876. The SMILES string of the molecule is O=C(c1c(F)ccc2c1OCO2)N1CCCC(N2CCNCC2)C1. The molecule has 0 bridgehead atoms. The van der Waals surface area contributed by atoms with Crippen molar-refractivity contribution in [1.82, 2.24) is 15.1 Å². The highest BCUT2D eigenvalue weighted by Gasteiger charge is 2.33. The van der Waals surface area contributed by atoms with Crippen LogP contribution >= 0.6 is 0 Å². The van der Waals surface area contributed by atoms with Crippen LogP contribution in [0.4, 0.5) is 4.39 Å². The lowest BCUT2D eigenvalue weighted by molar-refractivity contribution is 0.0544. The number of ether oxygens (including phenoxy) is 2. The van der Waals surface area contributed by atoms with Gasteiger partial charge in [0.2, 0.25) is 6.79 Å². The van der Waals surface area contributed by atoms with E-state index in [1.807, 2.05) is 0 Å². The van der Waals surface area contributed by atoms with E-state index >= 15 is 0 Å². The second-order valence-corrected chi connectivity index (χ2v) is 6.49. The number of benzene rings is 1. The molecule has 24 heavy (non-hydrogen) atoms. The number of rotatable bonds is 2. The van der Waals surface area contributed by atoms with Crippen molar-refractivity contribution in [2.45, 2.75) is 18.9 Å². The van der Waals surface area contributed by atoms with E-state index in [9.17, 15) is 9.18 Å². The Bertz CT molecular complexity index is 634. The monoisotopic (exact) mass is 335 g/mol. The molecule has 3 aliphatic rings. The molecule has 1 atom stereocenters. The summed E-state index contributed by atoms with van der Waals surface area (Å²) in [4.78, 5) is 17.1. The first-order valence-electron chi connectivity index (χ1n) is 8.56. The number of likely N-dealkylation sites (tertiary alicyclic amines) is 1. The fraction of sp³-hybridized carbons (Fsp3) is 0.588. The van der Waals surface area contributed by atoms with Gasteiger partial charge in [-0.3, -0.25) is 9.69 Å². The van der Waals surface area contributed by atoms with Crippen LogP contribution in [-0.4, -0.2) is 67.8 Å². The molecule has 7 heteroatoms. The number of amides is 1. The Morgan fingerprint density at radius 2 is 2.04 bits per heavy atom. The third-order valence-corrected chi connectivity index (χ3v) is 5.05. The van der Waals surface area contributed by atoms with Gasteiger partial charge in [-0.05, 0) is 25.0 Å². The Balaban J connectivity index is 1.53. The number of nitrogens with zero attached hydrogens (tertiary/aromatic N) is 2. The molecule has 0 saturated carbocycles. The number of fused-ring (bicyclic) bond motifs is 1. The topological polar surface area (TPSA) is 54.0 Å². The molecule has 1 N–H and O–H groups in total. The van der Waals surface area contributed by atoms with Gasteiger partial charge in [-0.1, -0.05) is 0 Å². The number of hydrogen-bond acceptors (Lipinski definition) is 5. The summed E-state index contributed by atoms with van der Waals surface area (Å²) < 4.78 is 24.9. The lowest BCUT2D eigenvalue weighted by Crippen LogP contribution is -2.55. The fourth-order valence-electron chi connectivity index (χ4n) is 3.79. The zero-order valence-corrected chi connectivity index (χ0v) is 13.6. The van der Waals surface area contributed by atoms with Crippen LogP contribution in [0.2, 0.25) is 0 Å². The Labute approximate surface area is 140 Å². The minimum atomic E-state index is -0.548. The number of piperazine rings is 1. The van der Waals surface area contributed by atoms with Crippen molar-refractivity contribution in [1.29, 1.82) is 0 Å². The van der Waals surface area contributed by atoms with Crippen LogP contribution in [0, 0.1) is 5.82 Å². The van der Waals surface area contributed by atoms with E-state index in [4.69, 9.17) is 9.47 Å². The Morgan fingerprint density at radius 3 is 2.88 bits per heavy atom. The van der Waals surface area contributed by atoms with E-state index in [0.29, 0.717) is 24.9 Å². The van der Waals surface area contributed by atoms with Crippen molar-refractivity contribution < 1.29 is 18.7 Å². The minimum Gasteiger partial charge on any atom is -0.454 e. The van der Waals surface area contributed by atoms with Gasteiger partial charge < -0.3 is 19.7 Å². The number of carbonyl (C=O) groups is 1. The first-order chi connectivity index (χ1) is 11.7. The molecule has 2 fully saturated rings. The molecule has 0 aromatic heterocycles. The summed E-state index contributed by atoms with van der Waals surface area (Å²) in [5.41, 5.74) is 0.00552. The largest absolute Gasteiger partial charge is 0.454 e. The van der Waals surface area contributed by atoms with Gasteiger partial charge in [-0.25, -0.2) is 4.39 Å². The third-order valence-electron chi connectivity index (χ3n) is 5.05. The molecular formula is C17H22FN3O3. The highest BCUT2D eigenvalue weighted by atomic mass is 19.1. The number of hydrogen-bond donors (Lipinski definition) is 1. The second kappa shape index (κ2) is 6.57. The van der Waals surface area contributed by atoms with Gasteiger partial charge >= 0.3 is 0 Å². The van der Waals surface area contributed by atoms with Gasteiger partial charge in [-0.2, -0.15) is 0 Å². The van der Waals surface area contributed by atoms with Crippen LogP contribution in [0.5, 0.6) is 11.5 Å². The molecule has 0 aliphatic carbocycles. The van der Waals surface area contributed by atoms with Gasteiger partial charge in [-0.15, -0.1) is 0 Å². The van der Waals surface area contributed by atoms with E-state index in [1.165, 1.54) is 12.1 Å². The van der Waals surface area contributed by atoms with Crippen molar-refractivity contribution in [2.24, 2.45) is 0 Å². The molecule has 3 heterocycles. The molecule has 0 spiro atoms. The van der Waals surface area contributed by atoms with Crippen LogP contribution in [0.25, 0.3) is 0 Å². The summed E-state index contributed by atoms with van der Waals surface area (Å²) in [5, 5.41) is 3.35. The van der Waals surface area contributed by atoms with Crippen LogP contribution in [0.1, 0.15) is 23.2 Å². The predicted molar refractivity (Wildman–Crippen MR) is 85.9 cm³/mol. The summed E-state index contributed by atoms with van der Waals surface area (Å²) >= 11 is 0. The number of carbonyl (C=O) groups excluding carboxylic acids is 1. The third kappa shape index (κ3) is 2.82. The number of piperidine rings is 1. The molecule has 1 aromatic rings.